The highest BCUT2D eigenvalue weighted by Gasteiger charge is 2.52. The molecule has 0 N–H and O–H groups in total. The number of rotatable bonds is 5. The van der Waals surface area contributed by atoms with Crippen molar-refractivity contribution in [2.75, 3.05) is 0 Å². The van der Waals surface area contributed by atoms with Crippen LogP contribution in [0.3, 0.4) is 0 Å². The van der Waals surface area contributed by atoms with Crippen LogP contribution in [0.2, 0.25) is 0 Å². The molecule has 1 heterocycles. The molecule has 0 spiro atoms. The molecule has 2 aromatic rings. The van der Waals surface area contributed by atoms with E-state index in [0.29, 0.717) is 0 Å². The monoisotopic (exact) mass is 390 g/mol. The SMILES string of the molecule is CC(=O)O[C@@H]([C@H]1OC(C)(C)O[C@@H]1c1ccccc1)S(=O)(=O)c1ccccc1. The molecule has 0 aliphatic carbocycles. The molecular formula is C20H22O6S. The zero-order valence-corrected chi connectivity index (χ0v) is 16.2. The van der Waals surface area contributed by atoms with Gasteiger partial charge in [-0.3, -0.25) is 4.79 Å². The lowest BCUT2D eigenvalue weighted by atomic mass is 10.1. The van der Waals surface area contributed by atoms with Gasteiger partial charge in [-0.2, -0.15) is 0 Å². The molecule has 0 radical (unpaired) electrons. The minimum absolute atomic E-state index is 0.0522. The van der Waals surface area contributed by atoms with Crippen LogP contribution in [0.1, 0.15) is 32.4 Å². The minimum Gasteiger partial charge on any atom is -0.443 e. The maximum absolute atomic E-state index is 13.2. The summed E-state index contributed by atoms with van der Waals surface area (Å²) in [5, 5.41) is 0. The molecule has 144 valence electrons. The molecule has 7 heteroatoms. The maximum atomic E-state index is 13.2. The van der Waals surface area contributed by atoms with Gasteiger partial charge in [0.1, 0.15) is 12.2 Å². The molecule has 0 unspecified atom stereocenters. The highest BCUT2D eigenvalue weighted by Crippen LogP contribution is 2.42. The summed E-state index contributed by atoms with van der Waals surface area (Å²) in [7, 11) is -4.02. The molecular weight excluding hydrogens is 368 g/mol. The second-order valence-electron chi connectivity index (χ2n) is 6.77. The van der Waals surface area contributed by atoms with E-state index in [9.17, 15) is 13.2 Å². The third-order valence-corrected chi connectivity index (χ3v) is 6.09. The predicted molar refractivity (Wildman–Crippen MR) is 98.4 cm³/mol. The summed E-state index contributed by atoms with van der Waals surface area (Å²) in [4.78, 5) is 11.8. The van der Waals surface area contributed by atoms with Crippen LogP contribution in [-0.4, -0.2) is 31.7 Å². The van der Waals surface area contributed by atoms with E-state index < -0.39 is 39.2 Å². The standard InChI is InChI=1S/C20H22O6S/c1-14(21)24-19(27(22,23)16-12-8-5-9-13-16)18-17(25-20(2,3)26-18)15-10-6-4-7-11-15/h4-13,17-19H,1-3H3/t17-,18+,19-/m1/s1. The normalized spacial score (nSPS) is 22.9. The number of hydrogen-bond donors (Lipinski definition) is 0. The summed E-state index contributed by atoms with van der Waals surface area (Å²) in [5.74, 6) is -1.74. The van der Waals surface area contributed by atoms with Crippen LogP contribution in [0.4, 0.5) is 0 Å². The Hall–Kier alpha value is -2.22. The number of benzene rings is 2. The van der Waals surface area contributed by atoms with Crippen molar-refractivity contribution >= 4 is 15.8 Å². The van der Waals surface area contributed by atoms with E-state index in [2.05, 4.69) is 0 Å². The van der Waals surface area contributed by atoms with Gasteiger partial charge in [0, 0.05) is 6.92 Å². The second kappa shape index (κ2) is 7.42. The molecule has 1 saturated heterocycles. The van der Waals surface area contributed by atoms with Gasteiger partial charge < -0.3 is 14.2 Å². The molecule has 0 amide bonds. The molecule has 0 aromatic heterocycles. The third-order valence-electron chi connectivity index (χ3n) is 4.19. The first-order valence-corrected chi connectivity index (χ1v) is 10.1. The zero-order chi connectivity index (χ0) is 19.7. The number of carbonyl (C=O) groups is 1. The molecule has 6 nitrogen and oxygen atoms in total. The Bertz CT molecular complexity index is 893. The van der Waals surface area contributed by atoms with Gasteiger partial charge in [0.05, 0.1) is 4.90 Å². The predicted octanol–water partition coefficient (Wildman–Crippen LogP) is 3.24. The first-order valence-electron chi connectivity index (χ1n) is 8.57. The van der Waals surface area contributed by atoms with E-state index in [4.69, 9.17) is 14.2 Å². The van der Waals surface area contributed by atoms with Gasteiger partial charge in [-0.05, 0) is 31.5 Å². The summed E-state index contributed by atoms with van der Waals surface area (Å²) in [6, 6.07) is 17.0. The molecule has 1 aliphatic rings. The Morgan fingerprint density at radius 2 is 1.56 bits per heavy atom. The van der Waals surface area contributed by atoms with Crippen LogP contribution >= 0.6 is 0 Å². The minimum atomic E-state index is -4.02. The largest absolute Gasteiger partial charge is 0.443 e. The summed E-state index contributed by atoms with van der Waals surface area (Å²) in [6.45, 7) is 4.57. The molecule has 3 atom stereocenters. The Morgan fingerprint density at radius 3 is 2.11 bits per heavy atom. The lowest BCUT2D eigenvalue weighted by Crippen LogP contribution is -2.41. The Kier molecular flexibility index (Phi) is 5.37. The van der Waals surface area contributed by atoms with Crippen LogP contribution < -0.4 is 0 Å². The van der Waals surface area contributed by atoms with Crippen molar-refractivity contribution in [2.45, 2.75) is 49.1 Å². The number of sulfone groups is 1. The van der Waals surface area contributed by atoms with Crippen molar-refractivity contribution in [3.63, 3.8) is 0 Å². The lowest BCUT2D eigenvalue weighted by molar-refractivity contribution is -0.162. The van der Waals surface area contributed by atoms with Crippen LogP contribution in [0.5, 0.6) is 0 Å². The van der Waals surface area contributed by atoms with E-state index in [0.717, 1.165) is 5.56 Å². The van der Waals surface area contributed by atoms with Gasteiger partial charge in [0.2, 0.25) is 15.3 Å². The third kappa shape index (κ3) is 4.21. The molecule has 0 saturated carbocycles. The number of ether oxygens (including phenoxy) is 3. The molecule has 3 rings (SSSR count). The molecule has 0 bridgehead atoms. The first-order chi connectivity index (χ1) is 12.7. The van der Waals surface area contributed by atoms with Gasteiger partial charge in [0.15, 0.2) is 5.79 Å². The summed E-state index contributed by atoms with van der Waals surface area (Å²) < 4.78 is 43.6. The molecule has 2 aromatic carbocycles. The van der Waals surface area contributed by atoms with Gasteiger partial charge in [-0.15, -0.1) is 0 Å². The van der Waals surface area contributed by atoms with E-state index in [1.54, 1.807) is 32.0 Å². The van der Waals surface area contributed by atoms with Crippen molar-refractivity contribution in [1.82, 2.24) is 0 Å². The van der Waals surface area contributed by atoms with Gasteiger partial charge >= 0.3 is 5.97 Å². The summed E-state index contributed by atoms with van der Waals surface area (Å²) in [5.41, 5.74) is -0.794. The number of hydrogen-bond acceptors (Lipinski definition) is 6. The fraction of sp³-hybridized carbons (Fsp3) is 0.350. The molecule has 27 heavy (non-hydrogen) atoms. The van der Waals surface area contributed by atoms with E-state index in [-0.39, 0.29) is 4.90 Å². The average Bonchev–Trinajstić information content (AvgIpc) is 2.96. The quantitative estimate of drug-likeness (QED) is 0.730. The smallest absolute Gasteiger partial charge is 0.304 e. The Balaban J connectivity index is 2.06. The van der Waals surface area contributed by atoms with Gasteiger partial charge in [0.25, 0.3) is 0 Å². The first kappa shape index (κ1) is 19.5. The summed E-state index contributed by atoms with van der Waals surface area (Å²) >= 11 is 0. The number of carbonyl (C=O) groups excluding carboxylic acids is 1. The van der Waals surface area contributed by atoms with E-state index in [1.165, 1.54) is 19.1 Å². The Morgan fingerprint density at radius 1 is 1.00 bits per heavy atom. The highest BCUT2D eigenvalue weighted by molar-refractivity contribution is 7.92. The van der Waals surface area contributed by atoms with Crippen molar-refractivity contribution < 1.29 is 27.4 Å². The fourth-order valence-corrected chi connectivity index (χ4v) is 4.72. The van der Waals surface area contributed by atoms with Crippen molar-refractivity contribution in [1.29, 1.82) is 0 Å². The fourth-order valence-electron chi connectivity index (χ4n) is 3.10. The van der Waals surface area contributed by atoms with Crippen molar-refractivity contribution in [2.24, 2.45) is 0 Å². The highest BCUT2D eigenvalue weighted by atomic mass is 32.2. The van der Waals surface area contributed by atoms with Crippen LogP contribution in [-0.2, 0) is 28.8 Å². The molecule has 1 aliphatic heterocycles. The topological polar surface area (TPSA) is 78.9 Å². The van der Waals surface area contributed by atoms with E-state index >= 15 is 0 Å². The van der Waals surface area contributed by atoms with Crippen LogP contribution in [0.25, 0.3) is 0 Å². The van der Waals surface area contributed by atoms with E-state index in [1.807, 2.05) is 30.3 Å². The molecule has 1 fully saturated rings. The lowest BCUT2D eigenvalue weighted by Gasteiger charge is -2.26. The number of esters is 1. The zero-order valence-electron chi connectivity index (χ0n) is 15.4. The van der Waals surface area contributed by atoms with Crippen molar-refractivity contribution in [3.05, 3.63) is 66.2 Å². The van der Waals surface area contributed by atoms with Gasteiger partial charge in [-0.25, -0.2) is 8.42 Å². The second-order valence-corrected chi connectivity index (χ2v) is 8.79. The van der Waals surface area contributed by atoms with Crippen LogP contribution in [0.15, 0.2) is 65.6 Å². The Labute approximate surface area is 159 Å². The average molecular weight is 390 g/mol. The summed E-state index contributed by atoms with van der Waals surface area (Å²) in [6.07, 6.45) is -1.72. The van der Waals surface area contributed by atoms with Crippen LogP contribution in [0, 0.1) is 0 Å². The van der Waals surface area contributed by atoms with Crippen molar-refractivity contribution in [3.8, 4) is 0 Å². The maximum Gasteiger partial charge on any atom is 0.304 e. The van der Waals surface area contributed by atoms with Gasteiger partial charge in [-0.1, -0.05) is 48.5 Å².